The zero-order chi connectivity index (χ0) is 11.5. The van der Waals surface area contributed by atoms with Crippen LogP contribution in [0.25, 0.3) is 0 Å². The quantitative estimate of drug-likeness (QED) is 0.805. The Hall–Kier alpha value is -1.39. The standard InChI is InChI=1S/C11H16FN3O/c1-7-10(6-13-15-7)11(16)14-9-4-2-3-8(12)5-9/h6,8-9H,2-5H2,1H3,(H,13,15)(H,14,16). The molecule has 4 nitrogen and oxygen atoms in total. The molecule has 1 saturated carbocycles. The van der Waals surface area contributed by atoms with Gasteiger partial charge in [0.1, 0.15) is 6.17 Å². The molecule has 2 atom stereocenters. The number of amides is 1. The second kappa shape index (κ2) is 4.63. The minimum atomic E-state index is -0.774. The maximum absolute atomic E-state index is 13.1. The Balaban J connectivity index is 1.95. The summed E-state index contributed by atoms with van der Waals surface area (Å²) in [5.74, 6) is -0.162. The van der Waals surface area contributed by atoms with E-state index in [9.17, 15) is 9.18 Å². The summed E-state index contributed by atoms with van der Waals surface area (Å²) in [4.78, 5) is 11.8. The number of halogens is 1. The third kappa shape index (κ3) is 2.40. The maximum atomic E-state index is 13.1. The zero-order valence-electron chi connectivity index (χ0n) is 9.29. The molecule has 0 radical (unpaired) electrons. The van der Waals surface area contributed by atoms with Gasteiger partial charge in [-0.25, -0.2) is 4.39 Å². The van der Waals surface area contributed by atoms with E-state index in [0.717, 1.165) is 18.5 Å². The van der Waals surface area contributed by atoms with Crippen molar-refractivity contribution in [2.45, 2.75) is 44.8 Å². The van der Waals surface area contributed by atoms with Crippen molar-refractivity contribution in [1.82, 2.24) is 15.5 Å². The van der Waals surface area contributed by atoms with Gasteiger partial charge in [-0.1, -0.05) is 0 Å². The predicted molar refractivity (Wildman–Crippen MR) is 57.9 cm³/mol. The number of nitrogens with zero attached hydrogens (tertiary/aromatic N) is 1. The molecule has 2 unspecified atom stereocenters. The topological polar surface area (TPSA) is 57.8 Å². The Kier molecular flexibility index (Phi) is 3.22. The van der Waals surface area contributed by atoms with E-state index in [1.165, 1.54) is 6.20 Å². The van der Waals surface area contributed by atoms with E-state index < -0.39 is 6.17 Å². The molecule has 2 rings (SSSR count). The maximum Gasteiger partial charge on any atom is 0.254 e. The van der Waals surface area contributed by atoms with Crippen LogP contribution in [0.1, 0.15) is 41.7 Å². The van der Waals surface area contributed by atoms with Gasteiger partial charge >= 0.3 is 0 Å². The molecule has 0 aromatic carbocycles. The van der Waals surface area contributed by atoms with E-state index in [-0.39, 0.29) is 11.9 Å². The highest BCUT2D eigenvalue weighted by atomic mass is 19.1. The van der Waals surface area contributed by atoms with Crippen molar-refractivity contribution in [3.05, 3.63) is 17.5 Å². The van der Waals surface area contributed by atoms with E-state index in [1.807, 2.05) is 0 Å². The Labute approximate surface area is 93.6 Å². The third-order valence-electron chi connectivity index (χ3n) is 3.02. The molecule has 1 aromatic rings. The molecule has 1 aromatic heterocycles. The van der Waals surface area contributed by atoms with Crippen LogP contribution in [-0.2, 0) is 0 Å². The average molecular weight is 225 g/mol. The van der Waals surface area contributed by atoms with Crippen LogP contribution in [0, 0.1) is 6.92 Å². The van der Waals surface area contributed by atoms with Gasteiger partial charge in [-0.2, -0.15) is 5.10 Å². The third-order valence-corrected chi connectivity index (χ3v) is 3.02. The number of hydrogen-bond acceptors (Lipinski definition) is 2. The van der Waals surface area contributed by atoms with Crippen LogP contribution < -0.4 is 5.32 Å². The molecule has 1 aliphatic rings. The number of alkyl halides is 1. The first kappa shape index (κ1) is 11.1. The molecule has 2 N–H and O–H groups in total. The summed E-state index contributed by atoms with van der Waals surface area (Å²) in [6.45, 7) is 1.79. The minimum Gasteiger partial charge on any atom is -0.349 e. The van der Waals surface area contributed by atoms with Crippen LogP contribution in [-0.4, -0.2) is 28.3 Å². The molecule has 0 saturated heterocycles. The molecule has 1 aliphatic carbocycles. The highest BCUT2D eigenvalue weighted by Crippen LogP contribution is 2.21. The first-order valence-corrected chi connectivity index (χ1v) is 5.61. The van der Waals surface area contributed by atoms with Crippen molar-refractivity contribution in [1.29, 1.82) is 0 Å². The van der Waals surface area contributed by atoms with Crippen molar-refractivity contribution in [2.75, 3.05) is 0 Å². The van der Waals surface area contributed by atoms with Gasteiger partial charge < -0.3 is 5.32 Å². The van der Waals surface area contributed by atoms with Crippen LogP contribution >= 0.6 is 0 Å². The highest BCUT2D eigenvalue weighted by molar-refractivity contribution is 5.95. The molecule has 0 bridgehead atoms. The lowest BCUT2D eigenvalue weighted by atomic mass is 9.94. The van der Waals surface area contributed by atoms with Gasteiger partial charge in [-0.3, -0.25) is 9.89 Å². The Morgan fingerprint density at radius 3 is 3.06 bits per heavy atom. The molecule has 5 heteroatoms. The number of nitrogens with one attached hydrogen (secondary N) is 2. The van der Waals surface area contributed by atoms with Gasteiger partial charge in [0.25, 0.3) is 5.91 Å². The van der Waals surface area contributed by atoms with Crippen molar-refractivity contribution in [3.63, 3.8) is 0 Å². The molecule has 1 amide bonds. The average Bonchev–Trinajstić information content (AvgIpc) is 2.64. The summed E-state index contributed by atoms with van der Waals surface area (Å²) in [6.07, 6.45) is 3.49. The molecule has 0 aliphatic heterocycles. The lowest BCUT2D eigenvalue weighted by molar-refractivity contribution is 0.0912. The fourth-order valence-electron chi connectivity index (χ4n) is 2.10. The molecule has 1 heterocycles. The molecule has 0 spiro atoms. The number of hydrogen-bond donors (Lipinski definition) is 2. The summed E-state index contributed by atoms with van der Waals surface area (Å²) in [6, 6.07) is -0.0365. The number of carbonyl (C=O) groups excluding carboxylic acids is 1. The fourth-order valence-corrected chi connectivity index (χ4v) is 2.10. The Morgan fingerprint density at radius 1 is 1.62 bits per heavy atom. The van der Waals surface area contributed by atoms with Crippen LogP contribution in [0.4, 0.5) is 4.39 Å². The molecule has 88 valence electrons. The van der Waals surface area contributed by atoms with Crippen LogP contribution in [0.15, 0.2) is 6.20 Å². The number of rotatable bonds is 2. The first-order valence-electron chi connectivity index (χ1n) is 5.61. The van der Waals surface area contributed by atoms with E-state index in [4.69, 9.17) is 0 Å². The summed E-state index contributed by atoms with van der Waals surface area (Å²) < 4.78 is 13.1. The van der Waals surface area contributed by atoms with Crippen molar-refractivity contribution >= 4 is 5.91 Å². The number of aromatic amines is 1. The monoisotopic (exact) mass is 225 g/mol. The zero-order valence-corrected chi connectivity index (χ0v) is 9.29. The number of aryl methyl sites for hydroxylation is 1. The van der Waals surface area contributed by atoms with Crippen LogP contribution in [0.2, 0.25) is 0 Å². The summed E-state index contributed by atoms with van der Waals surface area (Å²) in [5, 5.41) is 9.36. The first-order chi connectivity index (χ1) is 7.66. The summed E-state index contributed by atoms with van der Waals surface area (Å²) >= 11 is 0. The molecule has 16 heavy (non-hydrogen) atoms. The SMILES string of the molecule is Cc1[nH]ncc1C(=O)NC1CCCC(F)C1. The van der Waals surface area contributed by atoms with Gasteiger partial charge in [0, 0.05) is 11.7 Å². The molecular weight excluding hydrogens is 209 g/mol. The molecular formula is C11H16FN3O. The van der Waals surface area contributed by atoms with E-state index >= 15 is 0 Å². The van der Waals surface area contributed by atoms with Gasteiger partial charge in [-0.15, -0.1) is 0 Å². The predicted octanol–water partition coefficient (Wildman–Crippen LogP) is 1.73. The number of carbonyl (C=O) groups is 1. The number of aromatic nitrogens is 2. The normalized spacial score (nSPS) is 25.4. The Morgan fingerprint density at radius 2 is 2.44 bits per heavy atom. The smallest absolute Gasteiger partial charge is 0.254 e. The Bertz CT molecular complexity index is 377. The van der Waals surface area contributed by atoms with Crippen molar-refractivity contribution < 1.29 is 9.18 Å². The van der Waals surface area contributed by atoms with E-state index in [0.29, 0.717) is 18.4 Å². The van der Waals surface area contributed by atoms with Gasteiger partial charge in [0.05, 0.1) is 11.8 Å². The van der Waals surface area contributed by atoms with E-state index in [2.05, 4.69) is 15.5 Å². The van der Waals surface area contributed by atoms with Gasteiger partial charge in [0.2, 0.25) is 0 Å². The summed E-state index contributed by atoms with van der Waals surface area (Å²) in [7, 11) is 0. The van der Waals surface area contributed by atoms with Gasteiger partial charge in [0.15, 0.2) is 0 Å². The van der Waals surface area contributed by atoms with Crippen molar-refractivity contribution in [2.24, 2.45) is 0 Å². The van der Waals surface area contributed by atoms with Gasteiger partial charge in [-0.05, 0) is 32.6 Å². The summed E-state index contributed by atoms with van der Waals surface area (Å²) in [5.41, 5.74) is 1.28. The van der Waals surface area contributed by atoms with E-state index in [1.54, 1.807) is 6.92 Å². The van der Waals surface area contributed by atoms with Crippen LogP contribution in [0.3, 0.4) is 0 Å². The fraction of sp³-hybridized carbons (Fsp3) is 0.636. The largest absolute Gasteiger partial charge is 0.349 e. The molecule has 1 fully saturated rings. The van der Waals surface area contributed by atoms with Crippen LogP contribution in [0.5, 0.6) is 0 Å². The second-order valence-electron chi connectivity index (χ2n) is 4.34. The van der Waals surface area contributed by atoms with Crippen molar-refractivity contribution in [3.8, 4) is 0 Å². The lowest BCUT2D eigenvalue weighted by Gasteiger charge is -2.25. The second-order valence-corrected chi connectivity index (χ2v) is 4.34. The lowest BCUT2D eigenvalue weighted by Crippen LogP contribution is -2.39. The minimum absolute atomic E-state index is 0.0365. The number of H-pyrrole nitrogens is 1. The highest BCUT2D eigenvalue weighted by Gasteiger charge is 2.23.